The average Bonchev–Trinajstić information content (AvgIpc) is 3.02. The molecule has 0 aliphatic carbocycles. The summed E-state index contributed by atoms with van der Waals surface area (Å²) in [6, 6.07) is 21.1. The first-order valence-electron chi connectivity index (χ1n) is 14.7. The van der Waals surface area contributed by atoms with Gasteiger partial charge in [0.25, 0.3) is 0 Å². The van der Waals surface area contributed by atoms with Crippen molar-refractivity contribution in [2.75, 3.05) is 13.1 Å². The smallest absolute Gasteiger partial charge is 0.419 e. The molecular weight excluding hydrogens is 624 g/mol. The molecule has 0 atom stereocenters. The number of aryl methyl sites for hydroxylation is 1. The van der Waals surface area contributed by atoms with Gasteiger partial charge in [0.2, 0.25) is 0 Å². The van der Waals surface area contributed by atoms with E-state index in [0.717, 1.165) is 41.0 Å². The van der Waals surface area contributed by atoms with Crippen LogP contribution in [-0.4, -0.2) is 43.1 Å². The highest BCUT2D eigenvalue weighted by molar-refractivity contribution is 7.89. The number of piperidine rings is 1. The van der Waals surface area contributed by atoms with Gasteiger partial charge in [0.1, 0.15) is 11.4 Å². The molecule has 240 valence electrons. The molecule has 0 saturated carbocycles. The zero-order chi connectivity index (χ0) is 32.5. The third-order valence-electron chi connectivity index (χ3n) is 8.40. The molecule has 1 aromatic heterocycles. The molecule has 4 aromatic rings. The van der Waals surface area contributed by atoms with Gasteiger partial charge < -0.3 is 14.4 Å². The number of alkyl halides is 3. The van der Waals surface area contributed by atoms with E-state index in [4.69, 9.17) is 9.47 Å². The Kier molecular flexibility index (Phi) is 8.49. The first-order valence-corrected chi connectivity index (χ1v) is 16.6. The number of fused-ring (bicyclic) bond motifs is 1. The number of carbonyl (C=O) groups is 1. The van der Waals surface area contributed by atoms with Gasteiger partial charge in [-0.3, -0.25) is 4.98 Å². The number of hydrogen-bond acceptors (Lipinski definition) is 6. The Hall–Kier alpha value is -4.45. The van der Waals surface area contributed by atoms with Crippen LogP contribution in [0.15, 0.2) is 85.1 Å². The standard InChI is InChI=1S/C34H30F4N2O5S/c35-31-28(34(36,37)38)5-3-6-30(31)44-32(41)40-18-15-33(16-19-40)14-13-26-20-25(11-12-29(26)45-33)24-9-7-23(8-10-24)21-46(42,43)22-27-4-1-2-17-39-27/h1-12,17,20H,13-16,18-19,21-22H2. The molecule has 1 spiro atoms. The van der Waals surface area contributed by atoms with E-state index in [-0.39, 0.29) is 24.6 Å². The molecule has 12 heteroatoms. The van der Waals surface area contributed by atoms with Gasteiger partial charge in [0.05, 0.1) is 22.8 Å². The summed E-state index contributed by atoms with van der Waals surface area (Å²) < 4.78 is 90.2. The van der Waals surface area contributed by atoms with Crippen LogP contribution in [0.25, 0.3) is 11.1 Å². The molecule has 1 amide bonds. The van der Waals surface area contributed by atoms with Gasteiger partial charge in [-0.05, 0) is 71.5 Å². The molecule has 0 N–H and O–H groups in total. The number of rotatable bonds is 6. The largest absolute Gasteiger partial charge is 0.487 e. The normalized spacial score (nSPS) is 16.0. The number of halogens is 4. The predicted octanol–water partition coefficient (Wildman–Crippen LogP) is 7.38. The number of aromatic nitrogens is 1. The Morgan fingerprint density at radius 1 is 0.913 bits per heavy atom. The minimum absolute atomic E-state index is 0.0821. The minimum atomic E-state index is -4.91. The average molecular weight is 655 g/mol. The van der Waals surface area contributed by atoms with Crippen LogP contribution in [0.3, 0.4) is 0 Å². The summed E-state index contributed by atoms with van der Waals surface area (Å²) >= 11 is 0. The Bertz CT molecular complexity index is 1840. The fourth-order valence-corrected chi connectivity index (χ4v) is 7.35. The van der Waals surface area contributed by atoms with Crippen LogP contribution in [-0.2, 0) is 33.9 Å². The summed E-state index contributed by atoms with van der Waals surface area (Å²) in [5.41, 5.74) is 2.15. The van der Waals surface area contributed by atoms with Crippen LogP contribution in [0.5, 0.6) is 11.5 Å². The van der Waals surface area contributed by atoms with Crippen molar-refractivity contribution in [1.29, 1.82) is 0 Å². The maximum Gasteiger partial charge on any atom is 0.419 e. The van der Waals surface area contributed by atoms with E-state index in [9.17, 15) is 30.8 Å². The van der Waals surface area contributed by atoms with Crippen molar-refractivity contribution in [3.63, 3.8) is 0 Å². The summed E-state index contributed by atoms with van der Waals surface area (Å²) in [5, 5.41) is 0. The monoisotopic (exact) mass is 654 g/mol. The maximum atomic E-state index is 14.3. The van der Waals surface area contributed by atoms with Crippen molar-refractivity contribution in [3.05, 3.63) is 113 Å². The number of pyridine rings is 1. The van der Waals surface area contributed by atoms with Crippen molar-refractivity contribution in [2.24, 2.45) is 0 Å². The Balaban J connectivity index is 1.05. The molecule has 0 radical (unpaired) electrons. The first kappa shape index (κ1) is 31.5. The third-order valence-corrected chi connectivity index (χ3v) is 9.91. The molecule has 46 heavy (non-hydrogen) atoms. The molecule has 2 aliphatic rings. The molecule has 1 saturated heterocycles. The van der Waals surface area contributed by atoms with Crippen LogP contribution in [0.1, 0.15) is 41.6 Å². The fraction of sp³-hybridized carbons (Fsp3) is 0.294. The summed E-state index contributed by atoms with van der Waals surface area (Å²) in [4.78, 5) is 18.1. The summed E-state index contributed by atoms with van der Waals surface area (Å²) in [6.45, 7) is 0.494. The molecular formula is C34H30F4N2O5S. The summed E-state index contributed by atoms with van der Waals surface area (Å²) in [6.07, 6.45) is -1.82. The lowest BCUT2D eigenvalue weighted by Crippen LogP contribution is -2.51. The minimum Gasteiger partial charge on any atom is -0.487 e. The van der Waals surface area contributed by atoms with Crippen LogP contribution in [0.2, 0.25) is 0 Å². The molecule has 3 heterocycles. The molecule has 7 nitrogen and oxygen atoms in total. The van der Waals surface area contributed by atoms with E-state index in [1.165, 1.54) is 4.90 Å². The second kappa shape index (κ2) is 12.4. The number of hydrogen-bond donors (Lipinski definition) is 0. The van der Waals surface area contributed by atoms with Crippen molar-refractivity contribution < 1.29 is 40.2 Å². The van der Waals surface area contributed by atoms with E-state index < -0.39 is 44.8 Å². The van der Waals surface area contributed by atoms with E-state index in [1.807, 2.05) is 36.4 Å². The van der Waals surface area contributed by atoms with Crippen molar-refractivity contribution in [2.45, 2.75) is 49.0 Å². The summed E-state index contributed by atoms with van der Waals surface area (Å²) in [7, 11) is -3.38. The number of carbonyl (C=O) groups excluding carboxylic acids is 1. The number of amides is 1. The number of benzene rings is 3. The molecule has 0 unspecified atom stereocenters. The van der Waals surface area contributed by atoms with Gasteiger partial charge in [-0.1, -0.05) is 42.5 Å². The van der Waals surface area contributed by atoms with E-state index in [2.05, 4.69) is 11.1 Å². The van der Waals surface area contributed by atoms with Crippen LogP contribution >= 0.6 is 0 Å². The van der Waals surface area contributed by atoms with E-state index >= 15 is 0 Å². The number of sulfone groups is 1. The zero-order valence-corrected chi connectivity index (χ0v) is 25.4. The first-order chi connectivity index (χ1) is 21.9. The predicted molar refractivity (Wildman–Crippen MR) is 162 cm³/mol. The van der Waals surface area contributed by atoms with Gasteiger partial charge in [-0.15, -0.1) is 0 Å². The van der Waals surface area contributed by atoms with Crippen molar-refractivity contribution >= 4 is 15.9 Å². The lowest BCUT2D eigenvalue weighted by atomic mass is 9.82. The molecule has 2 aliphatic heterocycles. The highest BCUT2D eigenvalue weighted by Crippen LogP contribution is 2.41. The van der Waals surface area contributed by atoms with E-state index in [1.54, 1.807) is 24.4 Å². The van der Waals surface area contributed by atoms with Gasteiger partial charge in [0, 0.05) is 32.1 Å². The Morgan fingerprint density at radius 3 is 2.35 bits per heavy atom. The van der Waals surface area contributed by atoms with Crippen molar-refractivity contribution in [3.8, 4) is 22.6 Å². The number of likely N-dealkylation sites (tertiary alicyclic amines) is 1. The van der Waals surface area contributed by atoms with Gasteiger partial charge in [0.15, 0.2) is 21.4 Å². The Labute approximate surface area is 263 Å². The number of nitrogens with zero attached hydrogens (tertiary/aromatic N) is 2. The number of ether oxygens (including phenoxy) is 2. The second-order valence-electron chi connectivity index (χ2n) is 11.6. The van der Waals surface area contributed by atoms with Crippen LogP contribution in [0.4, 0.5) is 22.4 Å². The van der Waals surface area contributed by atoms with Gasteiger partial charge in [-0.25, -0.2) is 17.6 Å². The Morgan fingerprint density at radius 2 is 1.65 bits per heavy atom. The molecule has 6 rings (SSSR count). The van der Waals surface area contributed by atoms with Crippen LogP contribution in [0, 0.1) is 5.82 Å². The SMILES string of the molecule is O=C(Oc1cccc(C(F)(F)F)c1F)N1CCC2(CCc3cc(-c4ccc(CS(=O)(=O)Cc5ccccn5)cc4)ccc3O2)CC1. The lowest BCUT2D eigenvalue weighted by Gasteiger charge is -2.44. The van der Waals surface area contributed by atoms with Gasteiger partial charge >= 0.3 is 12.3 Å². The third kappa shape index (κ3) is 7.01. The van der Waals surface area contributed by atoms with Crippen LogP contribution < -0.4 is 9.47 Å². The van der Waals surface area contributed by atoms with E-state index in [0.29, 0.717) is 36.6 Å². The summed E-state index contributed by atoms with van der Waals surface area (Å²) in [5.74, 6) is -1.84. The molecule has 0 bridgehead atoms. The molecule has 1 fully saturated rings. The maximum absolute atomic E-state index is 14.3. The quantitative estimate of drug-likeness (QED) is 0.202. The highest BCUT2D eigenvalue weighted by Gasteiger charge is 2.41. The second-order valence-corrected chi connectivity index (χ2v) is 13.7. The van der Waals surface area contributed by atoms with Gasteiger partial charge in [-0.2, -0.15) is 13.2 Å². The lowest BCUT2D eigenvalue weighted by molar-refractivity contribution is -0.140. The highest BCUT2D eigenvalue weighted by atomic mass is 32.2. The topological polar surface area (TPSA) is 85.8 Å². The zero-order valence-electron chi connectivity index (χ0n) is 24.6. The molecule has 3 aromatic carbocycles. The fourth-order valence-electron chi connectivity index (χ4n) is 5.92. The van der Waals surface area contributed by atoms with Crippen molar-refractivity contribution in [1.82, 2.24) is 9.88 Å².